The number of carbonyl (C=O) groups excluding carboxylic acids is 11. The lowest BCUT2D eigenvalue weighted by atomic mass is 10.00. The van der Waals surface area contributed by atoms with Crippen molar-refractivity contribution in [1.82, 2.24) is 62.2 Å². The van der Waals surface area contributed by atoms with Gasteiger partial charge in [-0.2, -0.15) is 0 Å². The Kier molecular flexibility index (Phi) is 26.9. The molecule has 0 radical (unpaired) electrons. The second kappa shape index (κ2) is 36.0. The largest absolute Gasteiger partial charge is 0.497 e. The van der Waals surface area contributed by atoms with Gasteiger partial charge in [0.05, 0.1) is 19.3 Å². The zero-order valence-corrected chi connectivity index (χ0v) is 57.7. The highest BCUT2D eigenvalue weighted by Gasteiger charge is 2.47. The monoisotopic (exact) mass is 1400 g/mol. The molecular weight excluding hydrogens is 1300 g/mol. The Morgan fingerprint density at radius 3 is 2.08 bits per heavy atom. The van der Waals surface area contributed by atoms with Gasteiger partial charge in [-0.3, -0.25) is 52.7 Å². The number of nitrogens with one attached hydrogen (secondary N) is 9. The van der Waals surface area contributed by atoms with Crippen LogP contribution in [0.3, 0.4) is 0 Å². The number of aromatic nitrogens is 1. The number of methoxy groups -OCH3 is 1. The van der Waals surface area contributed by atoms with Crippen LogP contribution >= 0.6 is 0 Å². The Bertz CT molecular complexity index is 3790. The molecule has 10 rings (SSSR count). The number of aryl methyl sites for hydroxylation is 1. The fourth-order valence-electron chi connectivity index (χ4n) is 13.2. The molecule has 0 spiro atoms. The number of aliphatic hydroxyl groups excluding tert-OH is 1. The van der Waals surface area contributed by atoms with Gasteiger partial charge in [-0.25, -0.2) is 4.39 Å². The summed E-state index contributed by atoms with van der Waals surface area (Å²) in [5.41, 5.74) is 8.36. The average Bonchev–Trinajstić information content (AvgIpc) is 1.65. The summed E-state index contributed by atoms with van der Waals surface area (Å²) in [5, 5.41) is 36.8. The first-order valence-corrected chi connectivity index (χ1v) is 34.9. The summed E-state index contributed by atoms with van der Waals surface area (Å²) in [5.74, 6) is -8.23. The van der Waals surface area contributed by atoms with E-state index in [1.54, 1.807) is 72.6 Å². The molecule has 1 fully saturated rings. The number of hydrogen-bond donors (Lipinski definition) is 11. The Balaban J connectivity index is 1.12. The van der Waals surface area contributed by atoms with Crippen molar-refractivity contribution in [1.29, 1.82) is 0 Å². The highest BCUT2D eigenvalue weighted by molar-refractivity contribution is 5.99. The van der Waals surface area contributed by atoms with Gasteiger partial charge in [-0.1, -0.05) is 80.4 Å². The quantitative estimate of drug-likeness (QED) is 0.107. The number of ether oxygens (including phenoxy) is 2. The molecule has 28 heteroatoms. The van der Waals surface area contributed by atoms with Crippen molar-refractivity contribution >= 4 is 75.9 Å². The molecule has 5 aliphatic heterocycles. The van der Waals surface area contributed by atoms with Crippen LogP contribution in [0.2, 0.25) is 0 Å². The van der Waals surface area contributed by atoms with E-state index in [0.717, 1.165) is 16.0 Å². The molecule has 0 saturated carbocycles. The molecule has 0 aliphatic carbocycles. The van der Waals surface area contributed by atoms with Crippen LogP contribution in [0, 0.1) is 11.7 Å². The minimum Gasteiger partial charge on any atom is -0.497 e. The molecule has 101 heavy (non-hydrogen) atoms. The maximum absolute atomic E-state index is 16.0. The third-order valence-electron chi connectivity index (χ3n) is 19.0. The van der Waals surface area contributed by atoms with E-state index in [1.165, 1.54) is 33.1 Å². The number of carbonyl (C=O) groups is 11. The second-order valence-electron chi connectivity index (χ2n) is 26.7. The van der Waals surface area contributed by atoms with Crippen LogP contribution < -0.4 is 58.3 Å². The molecular formula is C73H95FN13O14+. The number of hydrogen-bond acceptors (Lipinski definition) is 14. The number of halogens is 1. The van der Waals surface area contributed by atoms with Crippen molar-refractivity contribution in [2.45, 2.75) is 178 Å². The van der Waals surface area contributed by atoms with Gasteiger partial charge in [0.15, 0.2) is 6.04 Å². The average molecular weight is 1400 g/mol. The van der Waals surface area contributed by atoms with E-state index in [9.17, 15) is 43.5 Å². The Labute approximate surface area is 586 Å². The summed E-state index contributed by atoms with van der Waals surface area (Å²) in [4.78, 5) is 162. The van der Waals surface area contributed by atoms with E-state index >= 15 is 18.8 Å². The third kappa shape index (κ3) is 20.9. The van der Waals surface area contributed by atoms with Crippen molar-refractivity contribution in [2.24, 2.45) is 5.92 Å². The van der Waals surface area contributed by atoms with Crippen LogP contribution in [-0.2, 0) is 103 Å². The molecule has 5 aliphatic rings. The number of nitrogens with zero attached hydrogens (tertiary/aromatic N) is 3. The lowest BCUT2D eigenvalue weighted by Gasteiger charge is -2.33. The number of amides is 11. The third-order valence-corrected chi connectivity index (χ3v) is 19.0. The lowest BCUT2D eigenvalue weighted by Crippen LogP contribution is -2.67. The van der Waals surface area contributed by atoms with Crippen molar-refractivity contribution in [2.75, 3.05) is 46.4 Å². The summed E-state index contributed by atoms with van der Waals surface area (Å²) >= 11 is 0. The molecule has 10 atom stereocenters. The van der Waals surface area contributed by atoms with Crippen molar-refractivity contribution < 1.29 is 77.4 Å². The zero-order chi connectivity index (χ0) is 72.3. The normalized spacial score (nSPS) is 25.2. The molecule has 4 aromatic carbocycles. The van der Waals surface area contributed by atoms with Crippen LogP contribution in [0.15, 0.2) is 97.2 Å². The molecule has 6 heterocycles. The zero-order valence-electron chi connectivity index (χ0n) is 57.7. The fourth-order valence-corrected chi connectivity index (χ4v) is 13.2. The molecule has 11 amide bonds. The number of rotatable bonds is 5. The molecule has 1 aromatic heterocycles. The van der Waals surface area contributed by atoms with E-state index in [0.29, 0.717) is 103 Å². The first-order valence-electron chi connectivity index (χ1n) is 34.9. The molecule has 1 unspecified atom stereocenters. The number of fused-ring (bicyclic) bond motifs is 22. The SMILES string of the molecule is COc1ccc(C[C@@H]2NC(=O)[C@H]([C@@H](C)O)NC(=O)[C@@H]3[C@@H]4CCN3C(=O)[C@@H]3Cc5cn(c6ccc(F)cc56)CCCCCCN(Cc5ccc(cc5)CCNC(=O)C(C)CCCNC2=O)C(=O)CCC(=O)N[C@@H](C)C(=O)N[C@H](C[NH3+])C(=O)N[C@@H](Cc2cccc(c2)CNC(=O)CO4)C(=O)N3)cc1. The maximum atomic E-state index is 16.0. The number of quaternary nitrogens is 1. The highest BCUT2D eigenvalue weighted by Crippen LogP contribution is 2.29. The lowest BCUT2D eigenvalue weighted by molar-refractivity contribution is -0.370. The van der Waals surface area contributed by atoms with Crippen molar-refractivity contribution in [3.63, 3.8) is 0 Å². The van der Waals surface area contributed by atoms with E-state index in [1.807, 2.05) is 28.8 Å². The van der Waals surface area contributed by atoms with Gasteiger partial charge in [-0.15, -0.1) is 0 Å². The Morgan fingerprint density at radius 2 is 1.34 bits per heavy atom. The first-order chi connectivity index (χ1) is 48.5. The van der Waals surface area contributed by atoms with Gasteiger partial charge in [0.2, 0.25) is 65.0 Å². The fraction of sp³-hybridized carbons (Fsp3) is 0.493. The van der Waals surface area contributed by atoms with Crippen LogP contribution in [0.25, 0.3) is 10.9 Å². The van der Waals surface area contributed by atoms with Gasteiger partial charge in [0.25, 0.3) is 0 Å². The molecule has 12 bridgehead atoms. The summed E-state index contributed by atoms with van der Waals surface area (Å²) in [6, 6.07) is 15.0. The smallest absolute Gasteiger partial charge is 0.249 e. The number of benzene rings is 4. The van der Waals surface area contributed by atoms with Crippen molar-refractivity contribution in [3.05, 3.63) is 136 Å². The van der Waals surface area contributed by atoms with Gasteiger partial charge < -0.3 is 82.5 Å². The highest BCUT2D eigenvalue weighted by atomic mass is 19.1. The van der Waals surface area contributed by atoms with Gasteiger partial charge in [0, 0.05) is 101 Å². The van der Waals surface area contributed by atoms with Crippen LogP contribution in [0.4, 0.5) is 4.39 Å². The minimum atomic E-state index is -1.79. The van der Waals surface area contributed by atoms with Crippen LogP contribution in [0.5, 0.6) is 5.75 Å². The van der Waals surface area contributed by atoms with Gasteiger partial charge in [-0.05, 0) is 116 Å². The van der Waals surface area contributed by atoms with Crippen LogP contribution in [-0.4, -0.2) is 185 Å². The summed E-state index contributed by atoms with van der Waals surface area (Å²) in [6.07, 6.45) is 1.61. The van der Waals surface area contributed by atoms with Crippen molar-refractivity contribution in [3.8, 4) is 5.75 Å². The minimum absolute atomic E-state index is 0.0384. The second-order valence-corrected chi connectivity index (χ2v) is 26.7. The molecule has 542 valence electrons. The summed E-state index contributed by atoms with van der Waals surface area (Å²) in [6.45, 7) is 4.77. The van der Waals surface area contributed by atoms with Gasteiger partial charge >= 0.3 is 0 Å². The van der Waals surface area contributed by atoms with E-state index in [-0.39, 0.29) is 83.1 Å². The molecule has 27 nitrogen and oxygen atoms in total. The molecule has 13 N–H and O–H groups in total. The first kappa shape index (κ1) is 75.4. The summed E-state index contributed by atoms with van der Waals surface area (Å²) < 4.78 is 29.2. The molecule has 1 saturated heterocycles. The number of aliphatic hydroxyl groups is 1. The van der Waals surface area contributed by atoms with Gasteiger partial charge in [0.1, 0.15) is 61.0 Å². The van der Waals surface area contributed by atoms with E-state index < -0.39 is 126 Å². The topological polar surface area (TPSA) is 374 Å². The predicted octanol–water partition coefficient (Wildman–Crippen LogP) is 0.572. The standard InChI is InChI=1S/C73H94FN13O14/c1-43-11-10-28-76-68(94)55(34-47-18-21-53(100-4)22-19-47)81-71(97)64(45(3)88)84-72(98)65-60-27-32-87(65)73(99)57-36-51-41-85(59-23-20-52(74)37-54(51)59)30-7-5-6-8-31-86(40-48-16-14-46(15-17-48)26-29-77-66(43)92)63(91)25-24-61(89)79-44(2)67(93)83-58(38-75)70(96)80-56(69(95)82-57)35-49-12-9-13-50(33-49)39-78-62(90)42-101-60/h9,12-23,33,37,41,43-45,55-58,60,64-65,88H,5-8,10-11,24-32,34-36,38-40,42,75H2,1-4H3,(H,76,94)(H,77,92)(H,78,90)(H,79,89)(H,80,96)(H,81,97)(H,82,95)(H,83,93)(H,84,98)/p+1/t43?,44-,45+,55-,56-,57-,58+,60-,64-,65-/m0/s1. The Morgan fingerprint density at radius 1 is 0.624 bits per heavy atom. The van der Waals surface area contributed by atoms with Crippen LogP contribution in [0.1, 0.15) is 112 Å². The van der Waals surface area contributed by atoms with E-state index in [2.05, 4.69) is 53.6 Å². The summed E-state index contributed by atoms with van der Waals surface area (Å²) in [7, 11) is 1.50. The Hall–Kier alpha value is -9.80. The van der Waals surface area contributed by atoms with E-state index in [4.69, 9.17) is 9.47 Å². The molecule has 5 aromatic rings. The predicted molar refractivity (Wildman–Crippen MR) is 369 cm³/mol. The maximum Gasteiger partial charge on any atom is 0.249 e.